The van der Waals surface area contributed by atoms with Crippen molar-refractivity contribution >= 4 is 0 Å². The Morgan fingerprint density at radius 2 is 1.79 bits per heavy atom. The SMILES string of the molecule is [CH2]c1cc(C2CC2)cc(C(C)(C)C)c1. The van der Waals surface area contributed by atoms with Crippen molar-refractivity contribution in [1.29, 1.82) is 0 Å². The molecule has 0 N–H and O–H groups in total. The summed E-state index contributed by atoms with van der Waals surface area (Å²) in [5.74, 6) is 0.831. The zero-order valence-electron chi connectivity index (χ0n) is 9.43. The van der Waals surface area contributed by atoms with E-state index in [0.29, 0.717) is 0 Å². The molecule has 0 nitrogen and oxygen atoms in total. The second kappa shape index (κ2) is 3.12. The van der Waals surface area contributed by atoms with Crippen LogP contribution in [0.1, 0.15) is 56.2 Å². The lowest BCUT2D eigenvalue weighted by Crippen LogP contribution is -2.11. The third-order valence-corrected chi connectivity index (χ3v) is 2.93. The van der Waals surface area contributed by atoms with Crippen molar-refractivity contribution in [2.24, 2.45) is 0 Å². The highest BCUT2D eigenvalue weighted by molar-refractivity contribution is 5.38. The maximum Gasteiger partial charge on any atom is -0.0132 e. The minimum absolute atomic E-state index is 0.247. The van der Waals surface area contributed by atoms with Crippen LogP contribution in [0.4, 0.5) is 0 Å². The Morgan fingerprint density at radius 1 is 1.14 bits per heavy atom. The van der Waals surface area contributed by atoms with Crippen LogP contribution < -0.4 is 0 Å². The first-order valence-corrected chi connectivity index (χ1v) is 5.44. The van der Waals surface area contributed by atoms with Crippen molar-refractivity contribution < 1.29 is 0 Å². The monoisotopic (exact) mass is 187 g/mol. The predicted octanol–water partition coefficient (Wildman–Crippen LogP) is 4.04. The molecule has 1 aromatic carbocycles. The maximum absolute atomic E-state index is 4.07. The van der Waals surface area contributed by atoms with E-state index in [0.717, 1.165) is 5.92 Å². The molecule has 0 spiro atoms. The average molecular weight is 187 g/mol. The Kier molecular flexibility index (Phi) is 2.17. The van der Waals surface area contributed by atoms with Gasteiger partial charge in [-0.2, -0.15) is 0 Å². The van der Waals surface area contributed by atoms with Crippen molar-refractivity contribution in [1.82, 2.24) is 0 Å². The van der Waals surface area contributed by atoms with E-state index in [1.165, 1.54) is 29.5 Å². The molecule has 1 fully saturated rings. The summed E-state index contributed by atoms with van der Waals surface area (Å²) >= 11 is 0. The Hall–Kier alpha value is -0.780. The van der Waals surface area contributed by atoms with Gasteiger partial charge in [0.15, 0.2) is 0 Å². The van der Waals surface area contributed by atoms with Crippen LogP contribution in [-0.4, -0.2) is 0 Å². The standard InChI is InChI=1S/C14H19/c1-10-7-12(11-5-6-11)9-13(8-10)14(2,3)4/h7-9,11H,1,5-6H2,2-4H3. The highest BCUT2D eigenvalue weighted by Crippen LogP contribution is 2.41. The van der Waals surface area contributed by atoms with E-state index in [1.807, 2.05) is 0 Å². The summed E-state index contributed by atoms with van der Waals surface area (Å²) in [7, 11) is 0. The Morgan fingerprint density at radius 3 is 2.29 bits per heavy atom. The van der Waals surface area contributed by atoms with Gasteiger partial charge in [0, 0.05) is 0 Å². The van der Waals surface area contributed by atoms with Crippen LogP contribution in [0.2, 0.25) is 0 Å². The van der Waals surface area contributed by atoms with E-state index < -0.39 is 0 Å². The third kappa shape index (κ3) is 2.00. The molecule has 0 aliphatic heterocycles. The van der Waals surface area contributed by atoms with Crippen molar-refractivity contribution in [3.05, 3.63) is 41.8 Å². The number of rotatable bonds is 1. The first-order chi connectivity index (χ1) is 6.47. The molecule has 0 aromatic heterocycles. The van der Waals surface area contributed by atoms with Gasteiger partial charge in [-0.1, -0.05) is 39.0 Å². The van der Waals surface area contributed by atoms with Crippen molar-refractivity contribution in [3.63, 3.8) is 0 Å². The van der Waals surface area contributed by atoms with Gasteiger partial charge in [-0.3, -0.25) is 0 Å². The molecule has 0 unspecified atom stereocenters. The summed E-state index contributed by atoms with van der Waals surface area (Å²) in [4.78, 5) is 0. The van der Waals surface area contributed by atoms with Gasteiger partial charge in [0.25, 0.3) is 0 Å². The fourth-order valence-corrected chi connectivity index (χ4v) is 1.80. The van der Waals surface area contributed by atoms with Gasteiger partial charge in [0.05, 0.1) is 0 Å². The average Bonchev–Trinajstić information content (AvgIpc) is 2.83. The molecule has 0 heterocycles. The molecule has 1 saturated carbocycles. The van der Waals surface area contributed by atoms with Gasteiger partial charge in [0.2, 0.25) is 0 Å². The molecule has 0 amide bonds. The van der Waals surface area contributed by atoms with E-state index in [4.69, 9.17) is 0 Å². The molecule has 14 heavy (non-hydrogen) atoms. The molecule has 2 rings (SSSR count). The van der Waals surface area contributed by atoms with Gasteiger partial charge in [-0.25, -0.2) is 0 Å². The highest BCUT2D eigenvalue weighted by atomic mass is 14.3. The molecule has 1 radical (unpaired) electrons. The minimum atomic E-state index is 0.247. The topological polar surface area (TPSA) is 0 Å². The number of hydrogen-bond donors (Lipinski definition) is 0. The van der Waals surface area contributed by atoms with Gasteiger partial charge in [0.1, 0.15) is 0 Å². The second-order valence-corrected chi connectivity index (χ2v) is 5.49. The first kappa shape index (κ1) is 9.76. The van der Waals surface area contributed by atoms with Crippen LogP contribution in [0, 0.1) is 6.92 Å². The van der Waals surface area contributed by atoms with E-state index in [2.05, 4.69) is 45.9 Å². The Bertz CT molecular complexity index is 338. The summed E-state index contributed by atoms with van der Waals surface area (Å²) in [6.45, 7) is 10.9. The lowest BCUT2D eigenvalue weighted by molar-refractivity contribution is 0.589. The Labute approximate surface area is 87.3 Å². The van der Waals surface area contributed by atoms with Crippen molar-refractivity contribution in [2.75, 3.05) is 0 Å². The summed E-state index contributed by atoms with van der Waals surface area (Å²) in [5, 5.41) is 0. The van der Waals surface area contributed by atoms with Gasteiger partial charge < -0.3 is 0 Å². The molecule has 0 atom stereocenters. The molecule has 1 aliphatic rings. The fourth-order valence-electron chi connectivity index (χ4n) is 1.80. The third-order valence-electron chi connectivity index (χ3n) is 2.93. The van der Waals surface area contributed by atoms with Gasteiger partial charge in [-0.05, 0) is 47.8 Å². The van der Waals surface area contributed by atoms with Crippen molar-refractivity contribution in [2.45, 2.75) is 44.9 Å². The smallest absolute Gasteiger partial charge is 0.0132 e. The molecular weight excluding hydrogens is 168 g/mol. The van der Waals surface area contributed by atoms with Crippen LogP contribution in [0.15, 0.2) is 18.2 Å². The predicted molar refractivity (Wildman–Crippen MR) is 61.6 cm³/mol. The fraction of sp³-hybridized carbons (Fsp3) is 0.500. The lowest BCUT2D eigenvalue weighted by atomic mass is 9.84. The number of hydrogen-bond acceptors (Lipinski definition) is 0. The zero-order chi connectivity index (χ0) is 10.3. The number of benzene rings is 1. The lowest BCUT2D eigenvalue weighted by Gasteiger charge is -2.20. The molecule has 0 bridgehead atoms. The van der Waals surface area contributed by atoms with E-state index >= 15 is 0 Å². The quantitative estimate of drug-likeness (QED) is 0.622. The van der Waals surface area contributed by atoms with Gasteiger partial charge in [-0.15, -0.1) is 0 Å². The summed E-state index contributed by atoms with van der Waals surface area (Å²) in [5.41, 5.74) is 4.34. The summed E-state index contributed by atoms with van der Waals surface area (Å²) in [6.07, 6.45) is 2.74. The molecule has 75 valence electrons. The van der Waals surface area contributed by atoms with E-state index in [1.54, 1.807) is 0 Å². The van der Waals surface area contributed by atoms with Gasteiger partial charge >= 0.3 is 0 Å². The molecule has 1 aromatic rings. The normalized spacial score (nSPS) is 17.1. The van der Waals surface area contributed by atoms with Crippen LogP contribution in [0.5, 0.6) is 0 Å². The first-order valence-electron chi connectivity index (χ1n) is 5.44. The van der Waals surface area contributed by atoms with Crippen LogP contribution in [-0.2, 0) is 5.41 Å². The van der Waals surface area contributed by atoms with Crippen LogP contribution in [0.3, 0.4) is 0 Å². The van der Waals surface area contributed by atoms with E-state index in [-0.39, 0.29) is 5.41 Å². The largest absolute Gasteiger partial charge is 0.0561 e. The summed E-state index contributed by atoms with van der Waals surface area (Å²) in [6, 6.07) is 6.82. The van der Waals surface area contributed by atoms with E-state index in [9.17, 15) is 0 Å². The van der Waals surface area contributed by atoms with Crippen LogP contribution >= 0.6 is 0 Å². The highest BCUT2D eigenvalue weighted by Gasteiger charge is 2.25. The zero-order valence-corrected chi connectivity index (χ0v) is 9.43. The molecule has 1 aliphatic carbocycles. The molecular formula is C14H19. The molecule has 0 saturated heterocycles. The summed E-state index contributed by atoms with van der Waals surface area (Å²) < 4.78 is 0. The maximum atomic E-state index is 4.07. The molecule has 0 heteroatoms. The Balaban J connectivity index is 2.41. The van der Waals surface area contributed by atoms with Crippen LogP contribution in [0.25, 0.3) is 0 Å². The van der Waals surface area contributed by atoms with Crippen molar-refractivity contribution in [3.8, 4) is 0 Å². The minimum Gasteiger partial charge on any atom is -0.0561 e. The second-order valence-electron chi connectivity index (χ2n) is 5.49.